The smallest absolute Gasteiger partial charge is 0.0347 e. The molecule has 3 N–H and O–H groups in total. The van der Waals surface area contributed by atoms with E-state index in [9.17, 15) is 0 Å². The van der Waals surface area contributed by atoms with E-state index >= 15 is 0 Å². The zero-order chi connectivity index (χ0) is 14.2. The molecule has 2 nitrogen and oxygen atoms in total. The van der Waals surface area contributed by atoms with Crippen LogP contribution in [-0.4, -0.2) is 5.75 Å². The monoisotopic (exact) mass is 296 g/mol. The Labute approximate surface area is 130 Å². The number of thioether (sulfide) groups is 1. The second-order valence-electron chi connectivity index (χ2n) is 5.92. The van der Waals surface area contributed by atoms with Crippen molar-refractivity contribution in [3.63, 3.8) is 0 Å². The van der Waals surface area contributed by atoms with Crippen molar-refractivity contribution in [1.29, 1.82) is 0 Å². The van der Waals surface area contributed by atoms with Crippen molar-refractivity contribution in [3.8, 4) is 0 Å². The molecule has 4 rings (SSSR count). The third-order valence-corrected chi connectivity index (χ3v) is 5.74. The fourth-order valence-electron chi connectivity index (χ4n) is 3.59. The van der Waals surface area contributed by atoms with Gasteiger partial charge in [-0.15, -0.1) is 11.8 Å². The number of nitrogens with one attached hydrogen (secondary N) is 1. The average Bonchev–Trinajstić information content (AvgIpc) is 2.85. The maximum atomic E-state index is 6.29. The first-order valence-corrected chi connectivity index (χ1v) is 8.63. The maximum absolute atomic E-state index is 6.29. The second-order valence-corrected chi connectivity index (χ2v) is 7.05. The minimum Gasteiger partial charge on any atom is -0.324 e. The minimum absolute atomic E-state index is 0.173. The van der Waals surface area contributed by atoms with Gasteiger partial charge in [0, 0.05) is 23.0 Å². The summed E-state index contributed by atoms with van der Waals surface area (Å²) in [5.41, 5.74) is 10.4. The Morgan fingerprint density at radius 1 is 0.905 bits per heavy atom. The van der Waals surface area contributed by atoms with E-state index in [0.29, 0.717) is 12.1 Å². The lowest BCUT2D eigenvalue weighted by Crippen LogP contribution is -2.28. The second kappa shape index (κ2) is 5.48. The van der Waals surface area contributed by atoms with Gasteiger partial charge in [-0.2, -0.15) is 0 Å². The van der Waals surface area contributed by atoms with Gasteiger partial charge in [0.05, 0.1) is 0 Å². The van der Waals surface area contributed by atoms with Gasteiger partial charge in [0.1, 0.15) is 0 Å². The molecule has 0 aromatic heterocycles. The number of hydrogen-bond acceptors (Lipinski definition) is 3. The lowest BCUT2D eigenvalue weighted by Gasteiger charge is -2.29. The van der Waals surface area contributed by atoms with Crippen LogP contribution in [-0.2, 0) is 0 Å². The normalized spacial score (nSPS) is 27.2. The summed E-state index contributed by atoms with van der Waals surface area (Å²) >= 11 is 1.97. The molecule has 0 bridgehead atoms. The predicted molar refractivity (Wildman–Crippen MR) is 88.4 cm³/mol. The highest BCUT2D eigenvalue weighted by atomic mass is 32.2. The van der Waals surface area contributed by atoms with Crippen molar-refractivity contribution in [3.05, 3.63) is 65.2 Å². The predicted octanol–water partition coefficient (Wildman–Crippen LogP) is 3.96. The summed E-state index contributed by atoms with van der Waals surface area (Å²) in [6.45, 7) is 0. The highest BCUT2D eigenvalue weighted by Gasteiger charge is 2.31. The molecule has 0 spiro atoms. The standard InChI is InChI=1S/C18H20N2S/c19-15-11-17(13-6-2-1-5-12(13)15)20-16-9-10-21-18-8-4-3-7-14(16)18/h1-8,15-17,20H,9-11,19H2. The Morgan fingerprint density at radius 2 is 1.62 bits per heavy atom. The van der Waals surface area contributed by atoms with Crippen molar-refractivity contribution in [2.45, 2.75) is 35.9 Å². The summed E-state index contributed by atoms with van der Waals surface area (Å²) in [6, 6.07) is 18.4. The molecule has 2 aromatic carbocycles. The van der Waals surface area contributed by atoms with Crippen LogP contribution in [0.4, 0.5) is 0 Å². The van der Waals surface area contributed by atoms with Gasteiger partial charge >= 0.3 is 0 Å². The molecule has 0 saturated carbocycles. The molecule has 0 amide bonds. The van der Waals surface area contributed by atoms with E-state index in [-0.39, 0.29) is 6.04 Å². The van der Waals surface area contributed by atoms with Crippen LogP contribution in [0.2, 0.25) is 0 Å². The lowest BCUT2D eigenvalue weighted by atomic mass is 10.0. The van der Waals surface area contributed by atoms with Gasteiger partial charge in [0.25, 0.3) is 0 Å². The van der Waals surface area contributed by atoms with Crippen molar-refractivity contribution >= 4 is 11.8 Å². The van der Waals surface area contributed by atoms with Crippen LogP contribution < -0.4 is 11.1 Å². The van der Waals surface area contributed by atoms with E-state index in [1.807, 2.05) is 11.8 Å². The van der Waals surface area contributed by atoms with Gasteiger partial charge in [-0.05, 0) is 41.4 Å². The number of fused-ring (bicyclic) bond motifs is 2. The fourth-order valence-corrected chi connectivity index (χ4v) is 4.71. The summed E-state index contributed by atoms with van der Waals surface area (Å²) in [6.07, 6.45) is 2.20. The summed E-state index contributed by atoms with van der Waals surface area (Å²) in [4.78, 5) is 1.43. The molecular weight excluding hydrogens is 276 g/mol. The van der Waals surface area contributed by atoms with Gasteiger partial charge in [-0.25, -0.2) is 0 Å². The molecule has 3 heteroatoms. The highest BCUT2D eigenvalue weighted by Crippen LogP contribution is 2.41. The summed E-state index contributed by atoms with van der Waals surface area (Å²) in [5.74, 6) is 1.19. The zero-order valence-electron chi connectivity index (χ0n) is 12.0. The van der Waals surface area contributed by atoms with Gasteiger partial charge < -0.3 is 11.1 Å². The largest absolute Gasteiger partial charge is 0.324 e. The van der Waals surface area contributed by atoms with Crippen molar-refractivity contribution in [1.82, 2.24) is 5.32 Å². The van der Waals surface area contributed by atoms with Gasteiger partial charge in [0.15, 0.2) is 0 Å². The first-order valence-electron chi connectivity index (χ1n) is 7.65. The Hall–Kier alpha value is -1.29. The molecule has 2 aliphatic rings. The van der Waals surface area contributed by atoms with Crippen LogP contribution >= 0.6 is 11.8 Å². The molecule has 1 aliphatic heterocycles. The van der Waals surface area contributed by atoms with Crippen LogP contribution in [0.25, 0.3) is 0 Å². The lowest BCUT2D eigenvalue weighted by molar-refractivity contribution is 0.414. The van der Waals surface area contributed by atoms with E-state index in [4.69, 9.17) is 5.73 Å². The van der Waals surface area contributed by atoms with Gasteiger partial charge in [-0.1, -0.05) is 42.5 Å². The molecule has 3 unspecified atom stereocenters. The van der Waals surface area contributed by atoms with Gasteiger partial charge in [-0.3, -0.25) is 0 Å². The summed E-state index contributed by atoms with van der Waals surface area (Å²) in [5, 5.41) is 3.87. The molecule has 2 aromatic rings. The first kappa shape index (κ1) is 13.4. The van der Waals surface area contributed by atoms with E-state index in [0.717, 1.165) is 6.42 Å². The molecule has 108 valence electrons. The summed E-state index contributed by atoms with van der Waals surface area (Å²) < 4.78 is 0. The number of rotatable bonds is 2. The van der Waals surface area contributed by atoms with Crippen molar-refractivity contribution in [2.75, 3.05) is 5.75 Å². The van der Waals surface area contributed by atoms with E-state index in [2.05, 4.69) is 53.8 Å². The molecular formula is C18H20N2S. The topological polar surface area (TPSA) is 38.0 Å². The molecule has 1 heterocycles. The van der Waals surface area contributed by atoms with Crippen LogP contribution in [0, 0.1) is 0 Å². The third kappa shape index (κ3) is 2.39. The van der Waals surface area contributed by atoms with Crippen LogP contribution in [0.3, 0.4) is 0 Å². The molecule has 3 atom stereocenters. The highest BCUT2D eigenvalue weighted by molar-refractivity contribution is 7.99. The maximum Gasteiger partial charge on any atom is 0.0347 e. The first-order chi connectivity index (χ1) is 10.3. The Bertz CT molecular complexity index is 655. The van der Waals surface area contributed by atoms with Crippen LogP contribution in [0.1, 0.15) is 47.7 Å². The Balaban J connectivity index is 1.61. The number of hydrogen-bond donors (Lipinski definition) is 2. The van der Waals surface area contributed by atoms with Crippen molar-refractivity contribution < 1.29 is 0 Å². The Morgan fingerprint density at radius 3 is 2.48 bits per heavy atom. The van der Waals surface area contributed by atoms with Gasteiger partial charge in [0.2, 0.25) is 0 Å². The number of nitrogens with two attached hydrogens (primary N) is 1. The van der Waals surface area contributed by atoms with Crippen LogP contribution in [0.5, 0.6) is 0 Å². The quantitative estimate of drug-likeness (QED) is 0.881. The third-order valence-electron chi connectivity index (χ3n) is 4.62. The molecule has 21 heavy (non-hydrogen) atoms. The van der Waals surface area contributed by atoms with E-state index < -0.39 is 0 Å². The molecule has 0 radical (unpaired) electrons. The van der Waals surface area contributed by atoms with E-state index in [1.54, 1.807) is 0 Å². The molecule has 0 saturated heterocycles. The molecule has 1 aliphatic carbocycles. The zero-order valence-corrected chi connectivity index (χ0v) is 12.8. The minimum atomic E-state index is 0.173. The average molecular weight is 296 g/mol. The SMILES string of the molecule is NC1CC(NC2CCSc3ccccc32)c2ccccc21. The number of benzene rings is 2. The summed E-state index contributed by atoms with van der Waals surface area (Å²) in [7, 11) is 0. The fraction of sp³-hybridized carbons (Fsp3) is 0.333. The van der Waals surface area contributed by atoms with Crippen molar-refractivity contribution in [2.24, 2.45) is 5.73 Å². The van der Waals surface area contributed by atoms with E-state index in [1.165, 1.54) is 33.8 Å². The molecule has 0 fully saturated rings. The Kier molecular flexibility index (Phi) is 3.49. The van der Waals surface area contributed by atoms with Crippen LogP contribution in [0.15, 0.2) is 53.4 Å².